The third-order valence-electron chi connectivity index (χ3n) is 1.97. The smallest absolute Gasteiger partial charge is 0.0938 e. The standard InChI is InChI=1S/C8H15NO2S/c10-7-5-9(6-8(7)11)3-1-2-4-12/h1-2,7-8,10-12H,3-6H2/b2-1+. The molecular weight excluding hydrogens is 174 g/mol. The van der Waals surface area contributed by atoms with Gasteiger partial charge in [-0.3, -0.25) is 4.90 Å². The van der Waals surface area contributed by atoms with Crippen LogP contribution >= 0.6 is 12.6 Å². The summed E-state index contributed by atoms with van der Waals surface area (Å²) < 4.78 is 0. The van der Waals surface area contributed by atoms with Crippen molar-refractivity contribution in [2.75, 3.05) is 25.4 Å². The van der Waals surface area contributed by atoms with E-state index >= 15 is 0 Å². The first-order valence-electron chi connectivity index (χ1n) is 4.08. The van der Waals surface area contributed by atoms with Crippen molar-refractivity contribution < 1.29 is 10.2 Å². The molecule has 1 aliphatic rings. The Morgan fingerprint density at radius 2 is 1.83 bits per heavy atom. The monoisotopic (exact) mass is 189 g/mol. The molecule has 0 saturated carbocycles. The first-order chi connectivity index (χ1) is 5.74. The van der Waals surface area contributed by atoms with E-state index in [1.165, 1.54) is 0 Å². The van der Waals surface area contributed by atoms with Crippen LogP contribution in [-0.4, -0.2) is 52.7 Å². The van der Waals surface area contributed by atoms with Gasteiger partial charge in [0.1, 0.15) is 0 Å². The maximum Gasteiger partial charge on any atom is 0.0938 e. The molecule has 2 N–H and O–H groups in total. The molecule has 2 unspecified atom stereocenters. The molecule has 1 saturated heterocycles. The van der Waals surface area contributed by atoms with E-state index in [0.29, 0.717) is 13.1 Å². The highest BCUT2D eigenvalue weighted by Crippen LogP contribution is 2.08. The van der Waals surface area contributed by atoms with E-state index in [-0.39, 0.29) is 0 Å². The van der Waals surface area contributed by atoms with Crippen molar-refractivity contribution in [2.45, 2.75) is 12.2 Å². The Morgan fingerprint density at radius 1 is 1.25 bits per heavy atom. The number of hydrogen-bond acceptors (Lipinski definition) is 4. The maximum atomic E-state index is 9.19. The van der Waals surface area contributed by atoms with Gasteiger partial charge in [0, 0.05) is 25.4 Å². The van der Waals surface area contributed by atoms with E-state index in [9.17, 15) is 10.2 Å². The summed E-state index contributed by atoms with van der Waals surface area (Å²) in [5, 5.41) is 18.4. The molecule has 0 aromatic carbocycles. The van der Waals surface area contributed by atoms with Gasteiger partial charge in [-0.25, -0.2) is 0 Å². The molecule has 0 radical (unpaired) electrons. The average molecular weight is 189 g/mol. The van der Waals surface area contributed by atoms with Crippen LogP contribution in [0.1, 0.15) is 0 Å². The van der Waals surface area contributed by atoms with Crippen LogP contribution in [-0.2, 0) is 0 Å². The largest absolute Gasteiger partial charge is 0.389 e. The second-order valence-electron chi connectivity index (χ2n) is 3.01. The summed E-state index contributed by atoms with van der Waals surface area (Å²) in [6, 6.07) is 0. The van der Waals surface area contributed by atoms with E-state index in [2.05, 4.69) is 12.6 Å². The third kappa shape index (κ3) is 2.79. The highest BCUT2D eigenvalue weighted by molar-refractivity contribution is 7.80. The summed E-state index contributed by atoms with van der Waals surface area (Å²) in [4.78, 5) is 2.01. The zero-order valence-corrected chi connectivity index (χ0v) is 7.82. The zero-order valence-electron chi connectivity index (χ0n) is 6.93. The lowest BCUT2D eigenvalue weighted by molar-refractivity contribution is 0.0572. The minimum atomic E-state index is -0.575. The molecule has 4 heteroatoms. The fraction of sp³-hybridized carbons (Fsp3) is 0.750. The van der Waals surface area contributed by atoms with E-state index in [1.54, 1.807) is 0 Å². The Balaban J connectivity index is 2.23. The highest BCUT2D eigenvalue weighted by Gasteiger charge is 2.28. The fourth-order valence-corrected chi connectivity index (χ4v) is 1.44. The van der Waals surface area contributed by atoms with Gasteiger partial charge in [0.15, 0.2) is 0 Å². The second kappa shape index (κ2) is 4.87. The summed E-state index contributed by atoms with van der Waals surface area (Å²) in [5.41, 5.74) is 0. The Labute approximate surface area is 78.1 Å². The molecule has 1 fully saturated rings. The SMILES string of the molecule is OC1CN(C/C=C/CS)CC1O. The lowest BCUT2D eigenvalue weighted by atomic mass is 10.3. The third-order valence-corrected chi connectivity index (χ3v) is 2.18. The zero-order chi connectivity index (χ0) is 8.97. The van der Waals surface area contributed by atoms with E-state index in [4.69, 9.17) is 0 Å². The Bertz CT molecular complexity index is 153. The van der Waals surface area contributed by atoms with Crippen molar-refractivity contribution in [2.24, 2.45) is 0 Å². The second-order valence-corrected chi connectivity index (χ2v) is 3.37. The number of rotatable bonds is 3. The van der Waals surface area contributed by atoms with Crippen LogP contribution in [0.4, 0.5) is 0 Å². The Morgan fingerprint density at radius 3 is 2.33 bits per heavy atom. The molecule has 0 aromatic rings. The number of β-amino-alcohol motifs (C(OH)–C–C–N with tert-alkyl or cyclic N) is 2. The molecule has 0 aliphatic carbocycles. The molecule has 0 amide bonds. The van der Waals surface area contributed by atoms with Gasteiger partial charge in [0.05, 0.1) is 12.2 Å². The fourth-order valence-electron chi connectivity index (χ4n) is 1.29. The molecule has 12 heavy (non-hydrogen) atoms. The van der Waals surface area contributed by atoms with E-state index in [1.807, 2.05) is 17.1 Å². The van der Waals surface area contributed by atoms with Gasteiger partial charge in [-0.2, -0.15) is 12.6 Å². The molecule has 0 spiro atoms. The first kappa shape index (κ1) is 10.1. The van der Waals surface area contributed by atoms with Crippen LogP contribution in [0.5, 0.6) is 0 Å². The predicted molar refractivity (Wildman–Crippen MR) is 51.4 cm³/mol. The van der Waals surface area contributed by atoms with Gasteiger partial charge in [-0.05, 0) is 0 Å². The summed E-state index contributed by atoms with van der Waals surface area (Å²) in [5.74, 6) is 0.735. The molecular formula is C8H15NO2S. The molecule has 70 valence electrons. The van der Waals surface area contributed by atoms with Crippen molar-refractivity contribution in [3.05, 3.63) is 12.2 Å². The van der Waals surface area contributed by atoms with Gasteiger partial charge < -0.3 is 10.2 Å². The number of aliphatic hydroxyl groups is 2. The minimum absolute atomic E-state index is 0.568. The summed E-state index contributed by atoms with van der Waals surface area (Å²) in [6.45, 7) is 1.92. The Kier molecular flexibility index (Phi) is 4.08. The lowest BCUT2D eigenvalue weighted by Crippen LogP contribution is -2.22. The van der Waals surface area contributed by atoms with Gasteiger partial charge >= 0.3 is 0 Å². The molecule has 0 bridgehead atoms. The molecule has 1 heterocycles. The van der Waals surface area contributed by atoms with Crippen LogP contribution < -0.4 is 0 Å². The average Bonchev–Trinajstić information content (AvgIpc) is 2.32. The molecule has 2 atom stereocenters. The van der Waals surface area contributed by atoms with Crippen LogP contribution in [0, 0.1) is 0 Å². The van der Waals surface area contributed by atoms with Crippen LogP contribution in [0.25, 0.3) is 0 Å². The Hall–Kier alpha value is -0.0300. The number of likely N-dealkylation sites (tertiary alicyclic amines) is 1. The minimum Gasteiger partial charge on any atom is -0.389 e. The topological polar surface area (TPSA) is 43.7 Å². The summed E-state index contributed by atoms with van der Waals surface area (Å²) >= 11 is 4.03. The summed E-state index contributed by atoms with van der Waals surface area (Å²) in [6.07, 6.45) is 2.81. The van der Waals surface area contributed by atoms with Crippen LogP contribution in [0.15, 0.2) is 12.2 Å². The number of nitrogens with zero attached hydrogens (tertiary/aromatic N) is 1. The van der Waals surface area contributed by atoms with Crippen molar-refractivity contribution in [3.8, 4) is 0 Å². The molecule has 1 aliphatic heterocycles. The van der Waals surface area contributed by atoms with Crippen LogP contribution in [0.2, 0.25) is 0 Å². The summed E-state index contributed by atoms with van der Waals surface area (Å²) in [7, 11) is 0. The quantitative estimate of drug-likeness (QED) is 0.414. The van der Waals surface area contributed by atoms with Gasteiger partial charge in [0.2, 0.25) is 0 Å². The molecule has 1 rings (SSSR count). The van der Waals surface area contributed by atoms with E-state index < -0.39 is 12.2 Å². The number of thiol groups is 1. The molecule has 0 aromatic heterocycles. The molecule has 3 nitrogen and oxygen atoms in total. The maximum absolute atomic E-state index is 9.19. The number of aliphatic hydroxyl groups excluding tert-OH is 2. The van der Waals surface area contributed by atoms with Gasteiger partial charge in [-0.1, -0.05) is 12.2 Å². The van der Waals surface area contributed by atoms with Gasteiger partial charge in [-0.15, -0.1) is 0 Å². The number of hydrogen-bond donors (Lipinski definition) is 3. The van der Waals surface area contributed by atoms with Crippen molar-refractivity contribution >= 4 is 12.6 Å². The lowest BCUT2D eigenvalue weighted by Gasteiger charge is -2.10. The van der Waals surface area contributed by atoms with Crippen molar-refractivity contribution in [3.63, 3.8) is 0 Å². The normalized spacial score (nSPS) is 31.9. The van der Waals surface area contributed by atoms with Crippen molar-refractivity contribution in [1.82, 2.24) is 4.90 Å². The predicted octanol–water partition coefficient (Wildman–Crippen LogP) is -0.490. The highest BCUT2D eigenvalue weighted by atomic mass is 32.1. The first-order valence-corrected chi connectivity index (χ1v) is 4.71. The van der Waals surface area contributed by atoms with Crippen molar-refractivity contribution in [1.29, 1.82) is 0 Å². The van der Waals surface area contributed by atoms with E-state index in [0.717, 1.165) is 12.3 Å². The van der Waals surface area contributed by atoms with Crippen LogP contribution in [0.3, 0.4) is 0 Å². The van der Waals surface area contributed by atoms with Gasteiger partial charge in [0.25, 0.3) is 0 Å².